The number of pyridine rings is 2. The molecule has 0 spiro atoms. The second kappa shape index (κ2) is 6.83. The molecular formula is C19H21ClFN3O2. The largest absolute Gasteiger partial charge is 0.444 e. The second-order valence-electron chi connectivity index (χ2n) is 7.53. The van der Waals surface area contributed by atoms with Crippen LogP contribution in [0.3, 0.4) is 0 Å². The van der Waals surface area contributed by atoms with Crippen molar-refractivity contribution in [2.24, 2.45) is 0 Å². The molecule has 1 N–H and O–H groups in total. The standard InChI is InChI=1S/C19H21ClFN3O2/c1-18(2,3)26-17(25)24-11-19(6-7-19)15-14(20)9-12(10-23-15)13-5-4-8-22-16(13)21/h4-5,8-10H,6-7,11H2,1-3H3,(H,24,25). The summed E-state index contributed by atoms with van der Waals surface area (Å²) in [6.07, 6.45) is 4.26. The second-order valence-corrected chi connectivity index (χ2v) is 7.94. The molecule has 0 bridgehead atoms. The molecule has 1 amide bonds. The number of rotatable bonds is 4. The maximum absolute atomic E-state index is 13.9. The van der Waals surface area contributed by atoms with Crippen LogP contribution < -0.4 is 5.32 Å². The molecule has 0 radical (unpaired) electrons. The van der Waals surface area contributed by atoms with E-state index in [1.54, 1.807) is 24.4 Å². The SMILES string of the molecule is CC(C)(C)OC(=O)NCC1(c2ncc(-c3cccnc3F)cc2Cl)CC1. The van der Waals surface area contributed by atoms with Crippen molar-refractivity contribution in [3.63, 3.8) is 0 Å². The summed E-state index contributed by atoms with van der Waals surface area (Å²) in [6, 6.07) is 4.98. The highest BCUT2D eigenvalue weighted by atomic mass is 35.5. The Balaban J connectivity index is 1.75. The van der Waals surface area contributed by atoms with Crippen molar-refractivity contribution < 1.29 is 13.9 Å². The van der Waals surface area contributed by atoms with Crippen molar-refractivity contribution in [1.29, 1.82) is 0 Å². The smallest absolute Gasteiger partial charge is 0.407 e. The number of aromatic nitrogens is 2. The number of ether oxygens (including phenoxy) is 1. The zero-order valence-corrected chi connectivity index (χ0v) is 15.7. The van der Waals surface area contributed by atoms with E-state index in [9.17, 15) is 9.18 Å². The molecule has 2 aromatic rings. The molecule has 1 aliphatic carbocycles. The molecule has 2 aromatic heterocycles. The molecule has 2 heterocycles. The first-order valence-electron chi connectivity index (χ1n) is 8.44. The fourth-order valence-electron chi connectivity index (χ4n) is 2.78. The van der Waals surface area contributed by atoms with E-state index in [2.05, 4.69) is 15.3 Å². The molecule has 1 fully saturated rings. The maximum Gasteiger partial charge on any atom is 0.407 e. The summed E-state index contributed by atoms with van der Waals surface area (Å²) in [5, 5.41) is 3.25. The molecule has 7 heteroatoms. The van der Waals surface area contributed by atoms with Gasteiger partial charge in [0.2, 0.25) is 5.95 Å². The fraction of sp³-hybridized carbons (Fsp3) is 0.421. The Labute approximate surface area is 157 Å². The van der Waals surface area contributed by atoms with Gasteiger partial charge in [-0.15, -0.1) is 0 Å². The Bertz CT molecular complexity index is 832. The van der Waals surface area contributed by atoms with E-state index in [-0.39, 0.29) is 5.41 Å². The molecule has 0 atom stereocenters. The Morgan fingerprint density at radius 1 is 1.38 bits per heavy atom. The number of carbonyl (C=O) groups excluding carboxylic acids is 1. The number of nitrogens with one attached hydrogen (secondary N) is 1. The number of halogens is 2. The summed E-state index contributed by atoms with van der Waals surface area (Å²) < 4.78 is 19.1. The van der Waals surface area contributed by atoms with Crippen LogP contribution in [-0.2, 0) is 10.2 Å². The first-order valence-corrected chi connectivity index (χ1v) is 8.82. The van der Waals surface area contributed by atoms with Crippen molar-refractivity contribution in [1.82, 2.24) is 15.3 Å². The van der Waals surface area contributed by atoms with Crippen molar-refractivity contribution in [3.05, 3.63) is 47.3 Å². The molecule has 0 saturated heterocycles. The molecule has 0 aliphatic heterocycles. The number of amides is 1. The van der Waals surface area contributed by atoms with E-state index in [0.29, 0.717) is 28.4 Å². The predicted molar refractivity (Wildman–Crippen MR) is 97.6 cm³/mol. The van der Waals surface area contributed by atoms with Crippen LogP contribution in [0.2, 0.25) is 5.02 Å². The van der Waals surface area contributed by atoms with Crippen molar-refractivity contribution in [2.45, 2.75) is 44.6 Å². The summed E-state index contributed by atoms with van der Waals surface area (Å²) in [5.41, 5.74) is 0.792. The lowest BCUT2D eigenvalue weighted by Gasteiger charge is -2.22. The van der Waals surface area contributed by atoms with E-state index < -0.39 is 17.6 Å². The lowest BCUT2D eigenvalue weighted by molar-refractivity contribution is 0.0522. The van der Waals surface area contributed by atoms with Crippen molar-refractivity contribution >= 4 is 17.7 Å². The van der Waals surface area contributed by atoms with Gasteiger partial charge >= 0.3 is 6.09 Å². The van der Waals surface area contributed by atoms with Crippen LogP contribution in [0.1, 0.15) is 39.3 Å². The average molecular weight is 378 g/mol. The highest BCUT2D eigenvalue weighted by molar-refractivity contribution is 6.31. The Kier molecular flexibility index (Phi) is 4.88. The van der Waals surface area contributed by atoms with Crippen LogP contribution in [0.4, 0.5) is 9.18 Å². The highest BCUT2D eigenvalue weighted by Crippen LogP contribution is 2.49. The zero-order chi connectivity index (χ0) is 18.9. The van der Waals surface area contributed by atoms with E-state index >= 15 is 0 Å². The fourth-order valence-corrected chi connectivity index (χ4v) is 3.15. The lowest BCUT2D eigenvalue weighted by atomic mass is 10.00. The van der Waals surface area contributed by atoms with Crippen LogP contribution in [0.5, 0.6) is 0 Å². The third kappa shape index (κ3) is 4.12. The molecule has 0 aromatic carbocycles. The third-order valence-electron chi connectivity index (χ3n) is 4.24. The summed E-state index contributed by atoms with van der Waals surface area (Å²) in [5.74, 6) is -0.564. The normalized spacial score (nSPS) is 15.4. The Hall–Kier alpha value is -2.21. The minimum Gasteiger partial charge on any atom is -0.444 e. The van der Waals surface area contributed by atoms with Gasteiger partial charge in [0.1, 0.15) is 5.60 Å². The molecule has 0 unspecified atom stereocenters. The van der Waals surface area contributed by atoms with Crippen LogP contribution in [0.15, 0.2) is 30.6 Å². The van der Waals surface area contributed by atoms with Gasteiger partial charge in [-0.1, -0.05) is 11.6 Å². The molecule has 26 heavy (non-hydrogen) atoms. The monoisotopic (exact) mass is 377 g/mol. The topological polar surface area (TPSA) is 64.1 Å². The number of hydrogen-bond donors (Lipinski definition) is 1. The quantitative estimate of drug-likeness (QED) is 0.797. The minimum absolute atomic E-state index is 0.292. The summed E-state index contributed by atoms with van der Waals surface area (Å²) in [7, 11) is 0. The summed E-state index contributed by atoms with van der Waals surface area (Å²) in [6.45, 7) is 5.84. The first kappa shape index (κ1) is 18.6. The number of carbonyl (C=O) groups is 1. The third-order valence-corrected chi connectivity index (χ3v) is 4.53. The molecule has 1 aliphatic rings. The maximum atomic E-state index is 13.9. The van der Waals surface area contributed by atoms with Crippen LogP contribution in [0, 0.1) is 5.95 Å². The van der Waals surface area contributed by atoms with Gasteiger partial charge in [-0.05, 0) is 51.8 Å². The number of hydrogen-bond acceptors (Lipinski definition) is 4. The first-order chi connectivity index (χ1) is 12.2. The average Bonchev–Trinajstić information content (AvgIpc) is 3.33. The lowest BCUT2D eigenvalue weighted by Crippen LogP contribution is -2.37. The summed E-state index contributed by atoms with van der Waals surface area (Å²) in [4.78, 5) is 20.0. The minimum atomic E-state index is -0.564. The van der Waals surface area contributed by atoms with Gasteiger partial charge < -0.3 is 10.1 Å². The van der Waals surface area contributed by atoms with Gasteiger partial charge in [-0.3, -0.25) is 4.98 Å². The Morgan fingerprint density at radius 3 is 2.69 bits per heavy atom. The molecule has 1 saturated carbocycles. The molecule has 138 valence electrons. The van der Waals surface area contributed by atoms with Crippen molar-refractivity contribution in [3.8, 4) is 11.1 Å². The van der Waals surface area contributed by atoms with Gasteiger partial charge in [0.05, 0.1) is 10.7 Å². The number of alkyl carbamates (subject to hydrolysis) is 1. The van der Waals surface area contributed by atoms with Crippen LogP contribution in [-0.4, -0.2) is 28.2 Å². The van der Waals surface area contributed by atoms with E-state index in [4.69, 9.17) is 16.3 Å². The summed E-state index contributed by atoms with van der Waals surface area (Å²) >= 11 is 6.43. The van der Waals surface area contributed by atoms with Crippen molar-refractivity contribution in [2.75, 3.05) is 6.54 Å². The van der Waals surface area contributed by atoms with Gasteiger partial charge in [0, 0.05) is 35.5 Å². The van der Waals surface area contributed by atoms with E-state index in [1.165, 1.54) is 6.20 Å². The van der Waals surface area contributed by atoms with Gasteiger partial charge in [0.15, 0.2) is 0 Å². The van der Waals surface area contributed by atoms with Crippen LogP contribution in [0.25, 0.3) is 11.1 Å². The van der Waals surface area contributed by atoms with Gasteiger partial charge in [-0.2, -0.15) is 4.39 Å². The molecule has 3 rings (SSSR count). The highest BCUT2D eigenvalue weighted by Gasteiger charge is 2.47. The van der Waals surface area contributed by atoms with E-state index in [1.807, 2.05) is 20.8 Å². The molecule has 5 nitrogen and oxygen atoms in total. The predicted octanol–water partition coefficient (Wildman–Crippen LogP) is 4.49. The Morgan fingerprint density at radius 2 is 2.12 bits per heavy atom. The molecular weight excluding hydrogens is 357 g/mol. The van der Waals surface area contributed by atoms with Gasteiger partial charge in [-0.25, -0.2) is 9.78 Å². The van der Waals surface area contributed by atoms with E-state index in [0.717, 1.165) is 12.8 Å². The zero-order valence-electron chi connectivity index (χ0n) is 15.0. The van der Waals surface area contributed by atoms with Crippen LogP contribution >= 0.6 is 11.6 Å². The van der Waals surface area contributed by atoms with Gasteiger partial charge in [0.25, 0.3) is 0 Å². The number of nitrogens with zero attached hydrogens (tertiary/aromatic N) is 2.